The number of amides is 3. The molecule has 3 rings (SSSR count). The summed E-state index contributed by atoms with van der Waals surface area (Å²) in [6, 6.07) is 1.44. The fourth-order valence-electron chi connectivity index (χ4n) is 2.43. The van der Waals surface area contributed by atoms with Crippen LogP contribution < -0.4 is 10.6 Å². The molecule has 0 saturated heterocycles. The maximum atomic E-state index is 12.1. The summed E-state index contributed by atoms with van der Waals surface area (Å²) in [6.07, 6.45) is 0.655. The number of ether oxygens (including phenoxy) is 1. The number of anilines is 1. The molecule has 0 atom stereocenters. The largest absolute Gasteiger partial charge is 0.383 e. The molecule has 0 aliphatic carbocycles. The van der Waals surface area contributed by atoms with E-state index in [0.717, 1.165) is 10.6 Å². The highest BCUT2D eigenvalue weighted by Gasteiger charge is 2.24. The van der Waals surface area contributed by atoms with E-state index in [0.29, 0.717) is 43.6 Å². The third kappa shape index (κ3) is 4.15. The van der Waals surface area contributed by atoms with Crippen molar-refractivity contribution in [3.63, 3.8) is 0 Å². The molecule has 3 heterocycles. The molecular formula is C15H19N5O4S. The van der Waals surface area contributed by atoms with E-state index in [9.17, 15) is 9.59 Å². The van der Waals surface area contributed by atoms with Crippen molar-refractivity contribution in [2.24, 2.45) is 0 Å². The number of carbonyl (C=O) groups excluding carboxylic acids is 2. The summed E-state index contributed by atoms with van der Waals surface area (Å²) >= 11 is 1.37. The summed E-state index contributed by atoms with van der Waals surface area (Å²) in [7, 11) is 1.59. The molecule has 0 fully saturated rings. The van der Waals surface area contributed by atoms with Gasteiger partial charge in [-0.3, -0.25) is 10.1 Å². The number of aromatic nitrogens is 2. The first-order chi connectivity index (χ1) is 12.1. The van der Waals surface area contributed by atoms with Gasteiger partial charge in [0.2, 0.25) is 0 Å². The number of methoxy groups -OCH3 is 1. The van der Waals surface area contributed by atoms with E-state index in [1.54, 1.807) is 25.0 Å². The quantitative estimate of drug-likeness (QED) is 0.775. The van der Waals surface area contributed by atoms with E-state index in [1.807, 2.05) is 0 Å². The lowest BCUT2D eigenvalue weighted by Crippen LogP contribution is -2.43. The topological polar surface area (TPSA) is 110 Å². The third-order valence-electron chi connectivity index (χ3n) is 3.68. The fraction of sp³-hybridized carbons (Fsp3) is 0.467. The number of rotatable bonds is 5. The van der Waals surface area contributed by atoms with Gasteiger partial charge in [0.15, 0.2) is 10.8 Å². The number of hydrogen-bond donors (Lipinski definition) is 2. The molecule has 134 valence electrons. The number of carbonyl (C=O) groups is 2. The van der Waals surface area contributed by atoms with Crippen LogP contribution in [0.3, 0.4) is 0 Å². The maximum Gasteiger partial charge on any atom is 0.317 e. The molecule has 9 nitrogen and oxygen atoms in total. The van der Waals surface area contributed by atoms with Crippen LogP contribution in [0.1, 0.15) is 26.8 Å². The van der Waals surface area contributed by atoms with Gasteiger partial charge in [-0.1, -0.05) is 16.5 Å². The van der Waals surface area contributed by atoms with Crippen molar-refractivity contribution in [3.05, 3.63) is 28.1 Å². The fourth-order valence-corrected chi connectivity index (χ4v) is 3.45. The van der Waals surface area contributed by atoms with Crippen molar-refractivity contribution in [1.82, 2.24) is 20.4 Å². The first-order valence-corrected chi connectivity index (χ1v) is 8.63. The van der Waals surface area contributed by atoms with Crippen molar-refractivity contribution in [1.29, 1.82) is 0 Å². The van der Waals surface area contributed by atoms with Crippen molar-refractivity contribution in [3.8, 4) is 0 Å². The van der Waals surface area contributed by atoms with E-state index in [-0.39, 0.29) is 17.6 Å². The second kappa shape index (κ2) is 7.62. The zero-order chi connectivity index (χ0) is 17.8. The van der Waals surface area contributed by atoms with Crippen LogP contribution in [0.25, 0.3) is 0 Å². The smallest absolute Gasteiger partial charge is 0.317 e. The summed E-state index contributed by atoms with van der Waals surface area (Å²) in [5.74, 6) is 0.204. The SMILES string of the molecule is COCCNC(=O)N1CCc2nc(NC(=O)c3cc(C)on3)sc2C1. The van der Waals surface area contributed by atoms with Gasteiger partial charge in [-0.25, -0.2) is 9.78 Å². The van der Waals surface area contributed by atoms with Gasteiger partial charge in [0, 0.05) is 37.6 Å². The molecule has 2 N–H and O–H groups in total. The lowest BCUT2D eigenvalue weighted by molar-refractivity contribution is 0.101. The minimum Gasteiger partial charge on any atom is -0.383 e. The lowest BCUT2D eigenvalue weighted by Gasteiger charge is -2.26. The van der Waals surface area contributed by atoms with Gasteiger partial charge in [-0.15, -0.1) is 0 Å². The normalized spacial score (nSPS) is 13.4. The summed E-state index contributed by atoms with van der Waals surface area (Å²) in [5.41, 5.74) is 1.13. The Labute approximate surface area is 148 Å². The predicted molar refractivity (Wildman–Crippen MR) is 90.7 cm³/mol. The minimum atomic E-state index is -0.364. The van der Waals surface area contributed by atoms with Gasteiger partial charge in [-0.2, -0.15) is 0 Å². The Balaban J connectivity index is 1.61. The number of nitrogens with zero attached hydrogens (tertiary/aromatic N) is 3. The van der Waals surface area contributed by atoms with Crippen molar-refractivity contribution in [2.45, 2.75) is 19.9 Å². The van der Waals surface area contributed by atoms with Gasteiger partial charge in [0.1, 0.15) is 5.76 Å². The van der Waals surface area contributed by atoms with Crippen molar-refractivity contribution < 1.29 is 18.8 Å². The van der Waals surface area contributed by atoms with Crippen LogP contribution in [0.5, 0.6) is 0 Å². The second-order valence-corrected chi connectivity index (χ2v) is 6.65. The molecule has 0 bridgehead atoms. The van der Waals surface area contributed by atoms with Crippen molar-refractivity contribution >= 4 is 28.4 Å². The third-order valence-corrected chi connectivity index (χ3v) is 4.68. The van der Waals surface area contributed by atoms with Crippen LogP contribution in [-0.4, -0.2) is 53.8 Å². The van der Waals surface area contributed by atoms with Crippen LogP contribution >= 0.6 is 11.3 Å². The van der Waals surface area contributed by atoms with Crippen LogP contribution in [0, 0.1) is 6.92 Å². The zero-order valence-electron chi connectivity index (χ0n) is 14.0. The average molecular weight is 365 g/mol. The Morgan fingerprint density at radius 1 is 1.48 bits per heavy atom. The van der Waals surface area contributed by atoms with E-state index in [2.05, 4.69) is 20.8 Å². The zero-order valence-corrected chi connectivity index (χ0v) is 14.8. The number of thiazole rings is 1. The first-order valence-electron chi connectivity index (χ1n) is 7.82. The monoisotopic (exact) mass is 365 g/mol. The molecule has 10 heteroatoms. The van der Waals surface area contributed by atoms with Gasteiger partial charge in [-0.05, 0) is 6.92 Å². The van der Waals surface area contributed by atoms with Gasteiger partial charge < -0.3 is 19.5 Å². The van der Waals surface area contributed by atoms with Gasteiger partial charge in [0.05, 0.1) is 18.8 Å². The molecule has 2 aromatic heterocycles. The molecule has 0 unspecified atom stereocenters. The van der Waals surface area contributed by atoms with E-state index >= 15 is 0 Å². The summed E-state index contributed by atoms with van der Waals surface area (Å²) in [5, 5.41) is 9.71. The van der Waals surface area contributed by atoms with Crippen LogP contribution in [0.15, 0.2) is 10.6 Å². The molecule has 1 aliphatic rings. The number of nitrogens with one attached hydrogen (secondary N) is 2. The lowest BCUT2D eigenvalue weighted by atomic mass is 10.2. The van der Waals surface area contributed by atoms with E-state index in [1.165, 1.54) is 11.3 Å². The maximum absolute atomic E-state index is 12.1. The number of urea groups is 1. The molecule has 0 aromatic carbocycles. The summed E-state index contributed by atoms with van der Waals surface area (Å²) < 4.78 is 9.82. The standard InChI is InChI=1S/C15H19N5O4S/c1-9-7-11(19-24-9)13(21)18-14-17-10-3-5-20(8-12(10)25-14)15(22)16-4-6-23-2/h7H,3-6,8H2,1-2H3,(H,16,22)(H,17,18,21). The van der Waals surface area contributed by atoms with E-state index < -0.39 is 0 Å². The molecule has 0 saturated carbocycles. The Hall–Kier alpha value is -2.46. The first kappa shape index (κ1) is 17.4. The van der Waals surface area contributed by atoms with Gasteiger partial charge >= 0.3 is 6.03 Å². The summed E-state index contributed by atoms with van der Waals surface area (Å²) in [4.78, 5) is 31.4. The Kier molecular flexibility index (Phi) is 5.29. The Morgan fingerprint density at radius 2 is 2.32 bits per heavy atom. The molecular weight excluding hydrogens is 346 g/mol. The predicted octanol–water partition coefficient (Wildman–Crippen LogP) is 1.41. The average Bonchev–Trinajstić information content (AvgIpc) is 3.19. The molecule has 25 heavy (non-hydrogen) atoms. The molecule has 1 aliphatic heterocycles. The van der Waals surface area contributed by atoms with Crippen LogP contribution in [0.4, 0.5) is 9.93 Å². The molecule has 0 radical (unpaired) electrons. The number of aryl methyl sites for hydroxylation is 1. The highest BCUT2D eigenvalue weighted by atomic mass is 32.1. The van der Waals surface area contributed by atoms with Gasteiger partial charge in [0.25, 0.3) is 5.91 Å². The molecule has 0 spiro atoms. The van der Waals surface area contributed by atoms with E-state index in [4.69, 9.17) is 9.26 Å². The molecule has 2 aromatic rings. The highest BCUT2D eigenvalue weighted by molar-refractivity contribution is 7.15. The highest BCUT2D eigenvalue weighted by Crippen LogP contribution is 2.28. The Morgan fingerprint density at radius 3 is 3.04 bits per heavy atom. The van der Waals surface area contributed by atoms with Crippen molar-refractivity contribution in [2.75, 3.05) is 32.1 Å². The number of fused-ring (bicyclic) bond motifs is 1. The minimum absolute atomic E-state index is 0.125. The second-order valence-electron chi connectivity index (χ2n) is 5.56. The molecule has 3 amide bonds. The van der Waals surface area contributed by atoms with Crippen LogP contribution in [-0.2, 0) is 17.7 Å². The Bertz CT molecular complexity index is 772. The van der Waals surface area contributed by atoms with Crippen LogP contribution in [0.2, 0.25) is 0 Å². The number of hydrogen-bond acceptors (Lipinski definition) is 7. The summed E-state index contributed by atoms with van der Waals surface area (Å²) in [6.45, 7) is 3.73.